The molecule has 1 N–H and O–H groups in total. The maximum atomic E-state index is 12.4. The van der Waals surface area contributed by atoms with Gasteiger partial charge in [-0.05, 0) is 81.3 Å². The molecule has 1 aromatic carbocycles. The lowest BCUT2D eigenvalue weighted by molar-refractivity contribution is 0.179. The second-order valence-electron chi connectivity index (χ2n) is 8.25. The molecular formula is C23H33N3O2S. The molecule has 158 valence electrons. The summed E-state index contributed by atoms with van der Waals surface area (Å²) < 4.78 is 9.05. The van der Waals surface area contributed by atoms with E-state index in [0.717, 1.165) is 25.1 Å². The Hall–Kier alpha value is -1.76. The van der Waals surface area contributed by atoms with Gasteiger partial charge in [-0.1, -0.05) is 43.1 Å². The van der Waals surface area contributed by atoms with E-state index in [1.54, 1.807) is 19.0 Å². The van der Waals surface area contributed by atoms with E-state index in [0.29, 0.717) is 11.8 Å². The number of ether oxygens (including phenoxy) is 1. The third kappa shape index (κ3) is 6.36. The van der Waals surface area contributed by atoms with Crippen LogP contribution in [0.15, 0.2) is 54.3 Å². The Bertz CT molecular complexity index is 729. The second kappa shape index (κ2) is 10.3. The van der Waals surface area contributed by atoms with Gasteiger partial charge in [0.25, 0.3) is 0 Å². The van der Waals surface area contributed by atoms with Crippen LogP contribution in [0, 0.1) is 5.41 Å². The maximum Gasteiger partial charge on any atom is 0.419 e. The first-order chi connectivity index (χ1) is 14.0. The monoisotopic (exact) mass is 415 g/mol. The molecule has 1 aliphatic carbocycles. The molecule has 0 saturated carbocycles. The molecule has 2 aliphatic rings. The Morgan fingerprint density at radius 3 is 2.66 bits per heavy atom. The van der Waals surface area contributed by atoms with Crippen LogP contribution >= 0.6 is 11.9 Å². The fourth-order valence-electron chi connectivity index (χ4n) is 3.80. The number of nitrogens with zero attached hydrogens (tertiary/aromatic N) is 2. The van der Waals surface area contributed by atoms with E-state index >= 15 is 0 Å². The highest BCUT2D eigenvalue weighted by atomic mass is 32.2. The number of benzene rings is 1. The van der Waals surface area contributed by atoms with Crippen LogP contribution in [-0.2, 0) is 4.74 Å². The van der Waals surface area contributed by atoms with E-state index in [4.69, 9.17) is 4.74 Å². The van der Waals surface area contributed by atoms with E-state index in [1.807, 2.05) is 42.5 Å². The predicted octanol–water partition coefficient (Wildman–Crippen LogP) is 4.83. The first-order valence-corrected chi connectivity index (χ1v) is 11.6. The summed E-state index contributed by atoms with van der Waals surface area (Å²) in [7, 11) is 1.73. The lowest BCUT2D eigenvalue weighted by Crippen LogP contribution is -2.41. The number of piperidine rings is 1. The Labute approximate surface area is 179 Å². The topological polar surface area (TPSA) is 44.8 Å². The molecule has 29 heavy (non-hydrogen) atoms. The van der Waals surface area contributed by atoms with Crippen molar-refractivity contribution in [3.05, 3.63) is 54.3 Å². The van der Waals surface area contributed by atoms with E-state index in [1.165, 1.54) is 30.8 Å². The molecule has 0 aromatic heterocycles. The predicted molar refractivity (Wildman–Crippen MR) is 122 cm³/mol. The summed E-state index contributed by atoms with van der Waals surface area (Å²) in [6.07, 6.45) is 12.4. The van der Waals surface area contributed by atoms with Gasteiger partial charge in [0.2, 0.25) is 0 Å². The number of anilines is 1. The first kappa shape index (κ1) is 21.9. The largest absolute Gasteiger partial charge is 0.419 e. The summed E-state index contributed by atoms with van der Waals surface area (Å²) in [6, 6.07) is 10.2. The van der Waals surface area contributed by atoms with Crippen LogP contribution in [0.25, 0.3) is 0 Å². The molecule has 1 aromatic rings. The molecule has 5 nitrogen and oxygen atoms in total. The summed E-state index contributed by atoms with van der Waals surface area (Å²) in [5.74, 6) is 0.638. The highest BCUT2D eigenvalue weighted by Gasteiger charge is 2.26. The van der Waals surface area contributed by atoms with Gasteiger partial charge < -0.3 is 9.64 Å². The highest BCUT2D eigenvalue weighted by Crippen LogP contribution is 2.34. The summed E-state index contributed by atoms with van der Waals surface area (Å²) >= 11 is 1.73. The van der Waals surface area contributed by atoms with Gasteiger partial charge in [-0.15, -0.1) is 0 Å². The molecule has 1 amide bonds. The number of rotatable bonds is 7. The van der Waals surface area contributed by atoms with Crippen molar-refractivity contribution in [2.75, 3.05) is 37.8 Å². The van der Waals surface area contributed by atoms with E-state index in [-0.39, 0.29) is 11.5 Å². The van der Waals surface area contributed by atoms with Crippen LogP contribution in [0.1, 0.15) is 32.6 Å². The minimum Gasteiger partial charge on any atom is -0.410 e. The molecular weight excluding hydrogens is 382 g/mol. The highest BCUT2D eigenvalue weighted by molar-refractivity contribution is 7.96. The van der Waals surface area contributed by atoms with Crippen molar-refractivity contribution >= 4 is 23.7 Å². The van der Waals surface area contributed by atoms with Crippen molar-refractivity contribution in [3.8, 4) is 0 Å². The van der Waals surface area contributed by atoms with Crippen molar-refractivity contribution < 1.29 is 9.53 Å². The minimum atomic E-state index is -0.363. The van der Waals surface area contributed by atoms with Gasteiger partial charge in [0.05, 0.1) is 0 Å². The molecule has 3 rings (SSSR count). The number of carbonyl (C=O) groups is 1. The average molecular weight is 416 g/mol. The molecule has 6 heteroatoms. The second-order valence-corrected chi connectivity index (χ2v) is 8.89. The zero-order chi connectivity index (χ0) is 20.7. The fourth-order valence-corrected chi connectivity index (χ4v) is 4.36. The first-order valence-electron chi connectivity index (χ1n) is 10.4. The quantitative estimate of drug-likeness (QED) is 0.646. The SMILES string of the molecule is CSNC1CCN(CCC2(C)C=CC(OC(=O)N(C)c3ccccc3)=CC2)CC1. The third-order valence-corrected chi connectivity index (χ3v) is 6.48. The maximum absolute atomic E-state index is 12.4. The van der Waals surface area contributed by atoms with E-state index in [2.05, 4.69) is 28.9 Å². The van der Waals surface area contributed by atoms with Gasteiger partial charge in [0.15, 0.2) is 0 Å². The Balaban J connectivity index is 1.44. The summed E-state index contributed by atoms with van der Waals surface area (Å²) in [4.78, 5) is 16.5. The van der Waals surface area contributed by atoms with Crippen molar-refractivity contribution in [2.24, 2.45) is 5.41 Å². The molecule has 0 spiro atoms. The average Bonchev–Trinajstić information content (AvgIpc) is 2.75. The van der Waals surface area contributed by atoms with Crippen LogP contribution in [-0.4, -0.2) is 50.0 Å². The Morgan fingerprint density at radius 2 is 2.03 bits per heavy atom. The lowest BCUT2D eigenvalue weighted by Gasteiger charge is -2.35. The van der Waals surface area contributed by atoms with Crippen LogP contribution in [0.2, 0.25) is 0 Å². The number of carbonyl (C=O) groups excluding carboxylic acids is 1. The minimum absolute atomic E-state index is 0.121. The zero-order valence-corrected chi connectivity index (χ0v) is 18.6. The van der Waals surface area contributed by atoms with Crippen molar-refractivity contribution in [2.45, 2.75) is 38.6 Å². The molecule has 1 atom stereocenters. The van der Waals surface area contributed by atoms with E-state index in [9.17, 15) is 4.79 Å². The number of amides is 1. The molecule has 0 bridgehead atoms. The lowest BCUT2D eigenvalue weighted by atomic mass is 9.80. The van der Waals surface area contributed by atoms with Crippen LogP contribution in [0.4, 0.5) is 10.5 Å². The Morgan fingerprint density at radius 1 is 1.31 bits per heavy atom. The number of para-hydroxylation sites is 1. The van der Waals surface area contributed by atoms with Gasteiger partial charge >= 0.3 is 6.09 Å². The van der Waals surface area contributed by atoms with Crippen molar-refractivity contribution in [3.63, 3.8) is 0 Å². The number of likely N-dealkylation sites (tertiary alicyclic amines) is 1. The molecule has 1 unspecified atom stereocenters. The standard InChI is InChI=1S/C23H33N3O2S/c1-23(15-18-26-16-11-19(12-17-26)24-29-3)13-9-21(10-14-23)28-22(27)25(2)20-7-5-4-6-8-20/h4-10,13,19,24H,11-12,14-18H2,1-3H3. The number of nitrogens with one attached hydrogen (secondary N) is 1. The van der Waals surface area contributed by atoms with Gasteiger partial charge in [-0.3, -0.25) is 9.62 Å². The molecule has 1 saturated heterocycles. The van der Waals surface area contributed by atoms with Gasteiger partial charge in [0, 0.05) is 18.8 Å². The fraction of sp³-hybridized carbons (Fsp3) is 0.522. The molecule has 1 heterocycles. The number of hydrogen-bond acceptors (Lipinski definition) is 5. The van der Waals surface area contributed by atoms with Gasteiger partial charge in [-0.2, -0.15) is 0 Å². The van der Waals surface area contributed by atoms with Crippen molar-refractivity contribution in [1.29, 1.82) is 0 Å². The summed E-state index contributed by atoms with van der Waals surface area (Å²) in [5.41, 5.74) is 0.939. The Kier molecular flexibility index (Phi) is 7.81. The zero-order valence-electron chi connectivity index (χ0n) is 17.8. The smallest absolute Gasteiger partial charge is 0.410 e. The van der Waals surface area contributed by atoms with Crippen LogP contribution in [0.5, 0.6) is 0 Å². The summed E-state index contributed by atoms with van der Waals surface area (Å²) in [5, 5.41) is 0. The van der Waals surface area contributed by atoms with Gasteiger partial charge in [0.1, 0.15) is 5.76 Å². The normalized spacial score (nSPS) is 22.9. The van der Waals surface area contributed by atoms with E-state index < -0.39 is 0 Å². The van der Waals surface area contributed by atoms with Crippen molar-refractivity contribution in [1.82, 2.24) is 9.62 Å². The summed E-state index contributed by atoms with van der Waals surface area (Å²) in [6.45, 7) is 5.74. The number of allylic oxidation sites excluding steroid dienone is 3. The van der Waals surface area contributed by atoms with Crippen LogP contribution < -0.4 is 9.62 Å². The van der Waals surface area contributed by atoms with Gasteiger partial charge in [-0.25, -0.2) is 4.79 Å². The molecule has 0 radical (unpaired) electrons. The molecule has 1 aliphatic heterocycles. The number of hydrogen-bond donors (Lipinski definition) is 1. The third-order valence-electron chi connectivity index (χ3n) is 5.91. The van der Waals surface area contributed by atoms with Crippen LogP contribution in [0.3, 0.4) is 0 Å². The molecule has 1 fully saturated rings.